The molecule has 28 heavy (non-hydrogen) atoms. The Morgan fingerprint density at radius 3 is 2.64 bits per heavy atom. The van der Waals surface area contributed by atoms with Crippen LogP contribution in [0.1, 0.15) is 12.0 Å². The Morgan fingerprint density at radius 2 is 1.89 bits per heavy atom. The highest BCUT2D eigenvalue weighted by Gasteiger charge is 2.35. The van der Waals surface area contributed by atoms with Crippen LogP contribution in [0.3, 0.4) is 0 Å². The van der Waals surface area contributed by atoms with Crippen molar-refractivity contribution in [2.24, 2.45) is 5.92 Å². The lowest BCUT2D eigenvalue weighted by molar-refractivity contribution is -0.122. The van der Waals surface area contributed by atoms with Crippen molar-refractivity contribution in [2.45, 2.75) is 12.8 Å². The summed E-state index contributed by atoms with van der Waals surface area (Å²) in [6, 6.07) is 14.6. The molecule has 2 aliphatic rings. The molecule has 0 aromatic heterocycles. The smallest absolute Gasteiger partial charge is 0.229 e. The van der Waals surface area contributed by atoms with Gasteiger partial charge < -0.3 is 19.7 Å². The number of benzene rings is 2. The van der Waals surface area contributed by atoms with Gasteiger partial charge >= 0.3 is 0 Å². The maximum atomic E-state index is 12.6. The summed E-state index contributed by atoms with van der Waals surface area (Å²) in [7, 11) is 0. The van der Waals surface area contributed by atoms with Crippen LogP contribution in [-0.2, 0) is 16.0 Å². The Hall–Kier alpha value is -3.53. The molecule has 2 aromatic carbocycles. The van der Waals surface area contributed by atoms with E-state index in [9.17, 15) is 9.59 Å². The molecule has 7 nitrogen and oxygen atoms in total. The number of ether oxygens (including phenoxy) is 2. The van der Waals surface area contributed by atoms with Crippen LogP contribution in [0.2, 0.25) is 0 Å². The summed E-state index contributed by atoms with van der Waals surface area (Å²) in [5.41, 5.74) is 2.24. The number of carbonyl (C=O) groups is 2. The number of carbonyl (C=O) groups excluding carboxylic acids is 2. The average molecular weight is 377 g/mol. The predicted octanol–water partition coefficient (Wildman–Crippen LogP) is 2.52. The Kier molecular flexibility index (Phi) is 4.85. The van der Waals surface area contributed by atoms with Crippen LogP contribution in [0.5, 0.6) is 11.5 Å². The zero-order valence-corrected chi connectivity index (χ0v) is 15.2. The standard InChI is InChI=1S/C21H19N3O4/c22-8-7-14-1-3-16(4-2-14)23-21(26)15-11-20(25)24(13-15)17-5-6-18-19(12-17)28-10-9-27-18/h1-6,12,15H,7,9-11,13H2,(H,23,26). The molecule has 0 radical (unpaired) electrons. The first-order valence-corrected chi connectivity index (χ1v) is 9.11. The van der Waals surface area contributed by atoms with Crippen molar-refractivity contribution in [3.8, 4) is 17.6 Å². The minimum atomic E-state index is -0.431. The summed E-state index contributed by atoms with van der Waals surface area (Å²) in [5, 5.41) is 11.6. The second-order valence-corrected chi connectivity index (χ2v) is 6.75. The topological polar surface area (TPSA) is 91.7 Å². The first-order chi connectivity index (χ1) is 13.6. The molecule has 0 aliphatic carbocycles. The number of rotatable bonds is 4. The van der Waals surface area contributed by atoms with Crippen LogP contribution < -0.4 is 19.7 Å². The van der Waals surface area contributed by atoms with Crippen LogP contribution in [-0.4, -0.2) is 31.6 Å². The maximum Gasteiger partial charge on any atom is 0.229 e. The molecule has 2 aliphatic heterocycles. The predicted molar refractivity (Wildman–Crippen MR) is 102 cm³/mol. The molecule has 2 amide bonds. The van der Waals surface area contributed by atoms with Crippen LogP contribution in [0.15, 0.2) is 42.5 Å². The van der Waals surface area contributed by atoms with Crippen molar-refractivity contribution in [3.63, 3.8) is 0 Å². The van der Waals surface area contributed by atoms with Gasteiger partial charge in [0, 0.05) is 30.4 Å². The molecule has 1 N–H and O–H groups in total. The molecular weight excluding hydrogens is 358 g/mol. The SMILES string of the molecule is N#CCc1ccc(NC(=O)C2CC(=O)N(c3ccc4c(c3)OCCO4)C2)cc1. The van der Waals surface area contributed by atoms with Crippen LogP contribution in [0.25, 0.3) is 0 Å². The van der Waals surface area contributed by atoms with Crippen LogP contribution in [0, 0.1) is 17.2 Å². The molecule has 4 rings (SSSR count). The highest BCUT2D eigenvalue weighted by atomic mass is 16.6. The molecule has 0 spiro atoms. The monoisotopic (exact) mass is 377 g/mol. The molecule has 1 saturated heterocycles. The van der Waals surface area contributed by atoms with Gasteiger partial charge in [0.15, 0.2) is 11.5 Å². The first-order valence-electron chi connectivity index (χ1n) is 9.11. The van der Waals surface area contributed by atoms with Gasteiger partial charge in [0.1, 0.15) is 13.2 Å². The Bertz CT molecular complexity index is 949. The summed E-state index contributed by atoms with van der Waals surface area (Å²) in [4.78, 5) is 26.7. The summed E-state index contributed by atoms with van der Waals surface area (Å²) in [6.45, 7) is 1.30. The minimum absolute atomic E-state index is 0.0961. The third kappa shape index (κ3) is 3.62. The number of nitrogens with one attached hydrogen (secondary N) is 1. The lowest BCUT2D eigenvalue weighted by atomic mass is 10.1. The van der Waals surface area contributed by atoms with E-state index in [0.717, 1.165) is 5.56 Å². The average Bonchev–Trinajstić information content (AvgIpc) is 3.11. The summed E-state index contributed by atoms with van der Waals surface area (Å²) >= 11 is 0. The summed E-state index contributed by atoms with van der Waals surface area (Å²) in [5.74, 6) is 0.555. The van der Waals surface area contributed by atoms with Crippen molar-refractivity contribution in [1.82, 2.24) is 0 Å². The second-order valence-electron chi connectivity index (χ2n) is 6.75. The Morgan fingerprint density at radius 1 is 1.14 bits per heavy atom. The number of amides is 2. The van der Waals surface area contributed by atoms with Gasteiger partial charge in [-0.25, -0.2) is 0 Å². The van der Waals surface area contributed by atoms with E-state index in [1.165, 1.54) is 0 Å². The number of hydrogen-bond donors (Lipinski definition) is 1. The molecule has 2 aromatic rings. The van der Waals surface area contributed by atoms with Gasteiger partial charge in [0.2, 0.25) is 11.8 Å². The number of fused-ring (bicyclic) bond motifs is 1. The first kappa shape index (κ1) is 17.9. The van der Waals surface area contributed by atoms with Gasteiger partial charge in [-0.3, -0.25) is 9.59 Å². The minimum Gasteiger partial charge on any atom is -0.486 e. The fourth-order valence-corrected chi connectivity index (χ4v) is 3.37. The van der Waals surface area contributed by atoms with E-state index in [-0.39, 0.29) is 18.2 Å². The Labute approximate surface area is 162 Å². The fourth-order valence-electron chi connectivity index (χ4n) is 3.37. The van der Waals surface area contributed by atoms with Crippen molar-refractivity contribution in [3.05, 3.63) is 48.0 Å². The quantitative estimate of drug-likeness (QED) is 0.884. The normalized spacial score (nSPS) is 17.9. The van der Waals surface area contributed by atoms with E-state index in [4.69, 9.17) is 14.7 Å². The molecule has 2 heterocycles. The van der Waals surface area contributed by atoms with Gasteiger partial charge in [-0.2, -0.15) is 5.26 Å². The molecule has 0 saturated carbocycles. The highest BCUT2D eigenvalue weighted by molar-refractivity contribution is 6.03. The number of anilines is 2. The van der Waals surface area contributed by atoms with Gasteiger partial charge in [0.05, 0.1) is 18.4 Å². The third-order valence-corrected chi connectivity index (χ3v) is 4.84. The van der Waals surface area contributed by atoms with E-state index in [1.807, 2.05) is 0 Å². The Balaban J connectivity index is 1.42. The molecule has 142 valence electrons. The third-order valence-electron chi connectivity index (χ3n) is 4.84. The summed E-state index contributed by atoms with van der Waals surface area (Å²) < 4.78 is 11.1. The zero-order valence-electron chi connectivity index (χ0n) is 15.2. The second kappa shape index (κ2) is 7.61. The lowest BCUT2D eigenvalue weighted by Crippen LogP contribution is -2.28. The van der Waals surface area contributed by atoms with Crippen LogP contribution in [0.4, 0.5) is 11.4 Å². The van der Waals surface area contributed by atoms with Crippen molar-refractivity contribution in [1.29, 1.82) is 5.26 Å². The van der Waals surface area contributed by atoms with E-state index in [1.54, 1.807) is 47.4 Å². The fraction of sp³-hybridized carbons (Fsp3) is 0.286. The van der Waals surface area contributed by atoms with E-state index >= 15 is 0 Å². The van der Waals surface area contributed by atoms with Crippen LogP contribution >= 0.6 is 0 Å². The van der Waals surface area contributed by atoms with Gasteiger partial charge in [-0.05, 0) is 29.8 Å². The molecule has 0 bridgehead atoms. The van der Waals surface area contributed by atoms with Gasteiger partial charge in [-0.15, -0.1) is 0 Å². The van der Waals surface area contributed by atoms with Crippen molar-refractivity contribution in [2.75, 3.05) is 30.0 Å². The number of hydrogen-bond acceptors (Lipinski definition) is 5. The maximum absolute atomic E-state index is 12.6. The summed E-state index contributed by atoms with van der Waals surface area (Å²) in [6.07, 6.45) is 0.489. The number of nitriles is 1. The van der Waals surface area contributed by atoms with E-state index < -0.39 is 5.92 Å². The lowest BCUT2D eigenvalue weighted by Gasteiger charge is -2.22. The molecule has 1 atom stereocenters. The molecule has 1 fully saturated rings. The number of nitrogens with zero attached hydrogens (tertiary/aromatic N) is 2. The van der Waals surface area contributed by atoms with E-state index in [0.29, 0.717) is 49.1 Å². The molecule has 1 unspecified atom stereocenters. The van der Waals surface area contributed by atoms with Gasteiger partial charge in [-0.1, -0.05) is 12.1 Å². The van der Waals surface area contributed by atoms with Gasteiger partial charge in [0.25, 0.3) is 0 Å². The highest BCUT2D eigenvalue weighted by Crippen LogP contribution is 2.36. The molecule has 7 heteroatoms. The van der Waals surface area contributed by atoms with Crippen molar-refractivity contribution >= 4 is 23.2 Å². The zero-order chi connectivity index (χ0) is 19.5. The van der Waals surface area contributed by atoms with Crippen molar-refractivity contribution < 1.29 is 19.1 Å². The largest absolute Gasteiger partial charge is 0.486 e. The molecular formula is C21H19N3O4. The van der Waals surface area contributed by atoms with E-state index in [2.05, 4.69) is 11.4 Å².